The van der Waals surface area contributed by atoms with Crippen LogP contribution in [0.15, 0.2) is 29.2 Å². The molecular weight excluding hydrogens is 271 g/mol. The third kappa shape index (κ3) is 6.19. The maximum absolute atomic E-state index is 12.1. The Hall–Kier alpha value is -0.390. The van der Waals surface area contributed by atoms with E-state index in [9.17, 15) is 13.2 Å². The Morgan fingerprint density at radius 1 is 1.24 bits per heavy atom. The van der Waals surface area contributed by atoms with Crippen LogP contribution in [0.4, 0.5) is 13.2 Å². The maximum Gasteiger partial charge on any atom is 0.390 e. The Balaban J connectivity index is 0.00000256. The van der Waals surface area contributed by atoms with Crippen LogP contribution in [0, 0.1) is 0 Å². The fraction of sp³-hybridized carbons (Fsp3) is 0.455. The molecule has 0 fully saturated rings. The molecule has 17 heavy (non-hydrogen) atoms. The van der Waals surface area contributed by atoms with Crippen molar-refractivity contribution in [3.05, 3.63) is 29.8 Å². The highest BCUT2D eigenvalue weighted by Crippen LogP contribution is 2.28. The van der Waals surface area contributed by atoms with E-state index < -0.39 is 18.6 Å². The molecular formula is C11H15ClF3NS. The predicted octanol–water partition coefficient (Wildman–Crippen LogP) is 4.17. The van der Waals surface area contributed by atoms with Gasteiger partial charge in [0.15, 0.2) is 0 Å². The van der Waals surface area contributed by atoms with Gasteiger partial charge in [0.1, 0.15) is 0 Å². The van der Waals surface area contributed by atoms with Crippen LogP contribution in [0.1, 0.15) is 24.9 Å². The fourth-order valence-electron chi connectivity index (χ4n) is 1.35. The zero-order valence-electron chi connectivity index (χ0n) is 9.33. The molecule has 1 aromatic carbocycles. The lowest BCUT2D eigenvalue weighted by Gasteiger charge is -2.14. The number of hydrogen-bond acceptors (Lipinski definition) is 2. The number of rotatable bonds is 4. The summed E-state index contributed by atoms with van der Waals surface area (Å²) in [7, 11) is 0. The van der Waals surface area contributed by atoms with Gasteiger partial charge in [-0.1, -0.05) is 19.1 Å². The molecule has 1 atom stereocenters. The van der Waals surface area contributed by atoms with E-state index in [-0.39, 0.29) is 12.4 Å². The Kier molecular flexibility index (Phi) is 6.97. The molecule has 0 aliphatic heterocycles. The van der Waals surface area contributed by atoms with Crippen LogP contribution in [-0.2, 0) is 0 Å². The molecule has 0 aliphatic carbocycles. The highest BCUT2D eigenvalue weighted by atomic mass is 35.5. The van der Waals surface area contributed by atoms with E-state index in [1.807, 2.05) is 6.92 Å². The van der Waals surface area contributed by atoms with Crippen LogP contribution in [-0.4, -0.2) is 11.9 Å². The van der Waals surface area contributed by atoms with Crippen LogP contribution in [0.5, 0.6) is 0 Å². The molecule has 0 amide bonds. The monoisotopic (exact) mass is 285 g/mol. The van der Waals surface area contributed by atoms with Crippen LogP contribution in [0.2, 0.25) is 0 Å². The van der Waals surface area contributed by atoms with Gasteiger partial charge in [0.05, 0.1) is 6.42 Å². The molecule has 1 aromatic rings. The maximum atomic E-state index is 12.1. The van der Waals surface area contributed by atoms with Crippen LogP contribution in [0.25, 0.3) is 0 Å². The second-order valence-corrected chi connectivity index (χ2v) is 4.77. The first-order valence-corrected chi connectivity index (χ1v) is 5.96. The smallest absolute Gasteiger partial charge is 0.324 e. The van der Waals surface area contributed by atoms with Gasteiger partial charge in [0, 0.05) is 10.9 Å². The second kappa shape index (κ2) is 7.13. The van der Waals surface area contributed by atoms with Crippen molar-refractivity contribution in [1.29, 1.82) is 0 Å². The molecule has 0 unspecified atom stereocenters. The molecule has 1 rings (SSSR count). The number of hydrogen-bond donors (Lipinski definition) is 1. The Labute approximate surface area is 109 Å². The van der Waals surface area contributed by atoms with E-state index in [4.69, 9.17) is 5.73 Å². The third-order valence-corrected chi connectivity index (χ3v) is 2.96. The highest BCUT2D eigenvalue weighted by Gasteiger charge is 2.30. The van der Waals surface area contributed by atoms with Crippen LogP contribution in [0.3, 0.4) is 0 Å². The van der Waals surface area contributed by atoms with Crippen molar-refractivity contribution in [3.63, 3.8) is 0 Å². The summed E-state index contributed by atoms with van der Waals surface area (Å²) in [6.07, 6.45) is -5.19. The third-order valence-electron chi connectivity index (χ3n) is 2.07. The lowest BCUT2D eigenvalue weighted by molar-refractivity contribution is -0.138. The van der Waals surface area contributed by atoms with Gasteiger partial charge in [0.25, 0.3) is 0 Å². The Bertz CT molecular complexity index is 326. The van der Waals surface area contributed by atoms with Gasteiger partial charge in [-0.2, -0.15) is 13.2 Å². The molecule has 0 aliphatic rings. The number of benzene rings is 1. The summed E-state index contributed by atoms with van der Waals surface area (Å²) < 4.78 is 36.3. The molecule has 0 bridgehead atoms. The Morgan fingerprint density at radius 3 is 2.18 bits per heavy atom. The normalized spacial score (nSPS) is 13.0. The SMILES string of the molecule is CCSc1ccc([C@H](N)CC(F)(F)F)cc1.Cl. The highest BCUT2D eigenvalue weighted by molar-refractivity contribution is 7.99. The first kappa shape index (κ1) is 16.6. The molecule has 0 spiro atoms. The lowest BCUT2D eigenvalue weighted by Crippen LogP contribution is -2.20. The number of alkyl halides is 3. The molecule has 0 aromatic heterocycles. The Morgan fingerprint density at radius 2 is 1.76 bits per heavy atom. The van der Waals surface area contributed by atoms with Gasteiger partial charge >= 0.3 is 6.18 Å². The van der Waals surface area contributed by atoms with Gasteiger partial charge in [-0.25, -0.2) is 0 Å². The summed E-state index contributed by atoms with van der Waals surface area (Å²) in [6.45, 7) is 2.02. The van der Waals surface area contributed by atoms with Gasteiger partial charge < -0.3 is 5.73 Å². The molecule has 6 heteroatoms. The molecule has 1 nitrogen and oxygen atoms in total. The summed E-state index contributed by atoms with van der Waals surface area (Å²) >= 11 is 1.65. The standard InChI is InChI=1S/C11H14F3NS.ClH/c1-2-16-9-5-3-8(4-6-9)10(15)7-11(12,13)14;/h3-6,10H,2,7,15H2,1H3;1H/t10-;/m1./s1. The minimum absolute atomic E-state index is 0. The number of thioether (sulfide) groups is 1. The van der Waals surface area contributed by atoms with Gasteiger partial charge in [0.2, 0.25) is 0 Å². The topological polar surface area (TPSA) is 26.0 Å². The molecule has 0 saturated carbocycles. The summed E-state index contributed by atoms with van der Waals surface area (Å²) in [4.78, 5) is 1.05. The first-order valence-electron chi connectivity index (χ1n) is 4.97. The van der Waals surface area contributed by atoms with Gasteiger partial charge in [-0.05, 0) is 23.4 Å². The lowest BCUT2D eigenvalue weighted by atomic mass is 10.0. The zero-order chi connectivity index (χ0) is 12.2. The summed E-state index contributed by atoms with van der Waals surface area (Å²) in [5, 5.41) is 0. The van der Waals surface area contributed by atoms with Crippen molar-refractivity contribution in [2.45, 2.75) is 30.5 Å². The van der Waals surface area contributed by atoms with E-state index >= 15 is 0 Å². The number of halogens is 4. The van der Waals surface area contributed by atoms with Crippen molar-refractivity contribution in [1.82, 2.24) is 0 Å². The van der Waals surface area contributed by atoms with Gasteiger partial charge in [-0.15, -0.1) is 24.2 Å². The largest absolute Gasteiger partial charge is 0.390 e. The average molecular weight is 286 g/mol. The van der Waals surface area contributed by atoms with Crippen molar-refractivity contribution in [3.8, 4) is 0 Å². The van der Waals surface area contributed by atoms with Crippen molar-refractivity contribution >= 4 is 24.2 Å². The van der Waals surface area contributed by atoms with E-state index in [0.717, 1.165) is 10.6 Å². The predicted molar refractivity (Wildman–Crippen MR) is 67.7 cm³/mol. The first-order chi connectivity index (χ1) is 7.42. The quantitative estimate of drug-likeness (QED) is 0.840. The minimum Gasteiger partial charge on any atom is -0.324 e. The second-order valence-electron chi connectivity index (χ2n) is 3.43. The number of nitrogens with two attached hydrogens (primary N) is 1. The fourth-order valence-corrected chi connectivity index (χ4v) is 2.01. The van der Waals surface area contributed by atoms with E-state index in [0.29, 0.717) is 5.56 Å². The van der Waals surface area contributed by atoms with Crippen molar-refractivity contribution in [2.75, 3.05) is 5.75 Å². The summed E-state index contributed by atoms with van der Waals surface area (Å²) in [5.74, 6) is 0.938. The summed E-state index contributed by atoms with van der Waals surface area (Å²) in [6, 6.07) is 5.96. The average Bonchev–Trinajstić information content (AvgIpc) is 2.16. The van der Waals surface area contributed by atoms with Gasteiger partial charge in [-0.3, -0.25) is 0 Å². The molecule has 0 radical (unpaired) electrons. The molecule has 2 N–H and O–H groups in total. The summed E-state index contributed by atoms with van der Waals surface area (Å²) in [5.41, 5.74) is 6.00. The molecule has 0 heterocycles. The minimum atomic E-state index is -4.21. The van der Waals surface area contributed by atoms with E-state index in [1.165, 1.54) is 0 Å². The van der Waals surface area contributed by atoms with Crippen molar-refractivity contribution < 1.29 is 13.2 Å². The van der Waals surface area contributed by atoms with E-state index in [2.05, 4.69) is 0 Å². The zero-order valence-corrected chi connectivity index (χ0v) is 11.0. The van der Waals surface area contributed by atoms with Crippen LogP contribution < -0.4 is 5.73 Å². The molecule has 98 valence electrons. The van der Waals surface area contributed by atoms with Crippen LogP contribution >= 0.6 is 24.2 Å². The van der Waals surface area contributed by atoms with E-state index in [1.54, 1.807) is 36.0 Å². The molecule has 0 saturated heterocycles. The van der Waals surface area contributed by atoms with Crippen molar-refractivity contribution in [2.24, 2.45) is 5.73 Å².